The Hall–Kier alpha value is -1.00. The number of rotatable bonds is 5. The topological polar surface area (TPSA) is 107 Å². The first-order valence-corrected chi connectivity index (χ1v) is 9.98. The molecule has 2 N–H and O–H groups in total. The third-order valence-corrected chi connectivity index (χ3v) is 6.44. The lowest BCUT2D eigenvalue weighted by Gasteiger charge is -2.30. The first-order chi connectivity index (χ1) is 10.2. The van der Waals surface area contributed by atoms with E-state index in [0.717, 1.165) is 0 Å². The maximum absolute atomic E-state index is 12.5. The fraction of sp³-hybridized carbons (Fsp3) is 0.538. The minimum atomic E-state index is -3.83. The zero-order valence-electron chi connectivity index (χ0n) is 12.3. The van der Waals surface area contributed by atoms with Crippen LogP contribution in [-0.4, -0.2) is 46.9 Å². The van der Waals surface area contributed by atoms with E-state index in [9.17, 15) is 16.8 Å². The summed E-state index contributed by atoms with van der Waals surface area (Å²) in [6.07, 6.45) is 1.41. The number of ether oxygens (including phenoxy) is 1. The van der Waals surface area contributed by atoms with Gasteiger partial charge >= 0.3 is 0 Å². The number of sulfonamides is 2. The standard InChI is InChI=1S/C13H20N2O5S2/c1-2-20-11-7-9-15(10-8-11)22(18,19)13-5-3-12(4-6-13)21(14,16)17/h3-6,11H,2,7-10H2,1H3,(H2,14,16,17). The minimum Gasteiger partial charge on any atom is -0.378 e. The van der Waals surface area contributed by atoms with Crippen molar-refractivity contribution in [3.63, 3.8) is 0 Å². The Kier molecular flexibility index (Phi) is 5.23. The zero-order valence-corrected chi connectivity index (χ0v) is 13.9. The van der Waals surface area contributed by atoms with Gasteiger partial charge in [0.25, 0.3) is 0 Å². The van der Waals surface area contributed by atoms with Crippen LogP contribution in [-0.2, 0) is 24.8 Å². The fourth-order valence-corrected chi connectivity index (χ4v) is 4.41. The molecule has 2 rings (SSSR count). The second-order valence-electron chi connectivity index (χ2n) is 5.08. The Balaban J connectivity index is 2.14. The Morgan fingerprint density at radius 1 is 1.09 bits per heavy atom. The van der Waals surface area contributed by atoms with E-state index in [1.807, 2.05) is 6.92 Å². The summed E-state index contributed by atoms with van der Waals surface area (Å²) in [5, 5.41) is 5.00. The van der Waals surface area contributed by atoms with Crippen molar-refractivity contribution < 1.29 is 21.6 Å². The molecule has 7 nitrogen and oxygen atoms in total. The lowest BCUT2D eigenvalue weighted by atomic mass is 10.1. The van der Waals surface area contributed by atoms with Gasteiger partial charge in [-0.15, -0.1) is 0 Å². The van der Waals surface area contributed by atoms with Gasteiger partial charge in [-0.1, -0.05) is 0 Å². The third-order valence-electron chi connectivity index (χ3n) is 3.59. The predicted octanol–water partition coefficient (Wildman–Crippen LogP) is 0.524. The van der Waals surface area contributed by atoms with Crippen molar-refractivity contribution in [2.75, 3.05) is 19.7 Å². The van der Waals surface area contributed by atoms with Gasteiger partial charge in [0, 0.05) is 19.7 Å². The highest BCUT2D eigenvalue weighted by Gasteiger charge is 2.29. The largest absolute Gasteiger partial charge is 0.378 e. The molecule has 0 unspecified atom stereocenters. The van der Waals surface area contributed by atoms with Crippen LogP contribution < -0.4 is 5.14 Å². The van der Waals surface area contributed by atoms with Crippen LogP contribution in [0.25, 0.3) is 0 Å². The number of benzene rings is 1. The molecular weight excluding hydrogens is 328 g/mol. The molecule has 1 aromatic rings. The molecule has 1 aromatic carbocycles. The number of nitrogens with zero attached hydrogens (tertiary/aromatic N) is 1. The van der Waals surface area contributed by atoms with E-state index in [-0.39, 0.29) is 15.9 Å². The van der Waals surface area contributed by atoms with Crippen molar-refractivity contribution in [3.8, 4) is 0 Å². The van der Waals surface area contributed by atoms with Gasteiger partial charge in [-0.3, -0.25) is 0 Å². The van der Waals surface area contributed by atoms with Crippen molar-refractivity contribution in [2.45, 2.75) is 35.7 Å². The lowest BCUT2D eigenvalue weighted by Crippen LogP contribution is -2.40. The van der Waals surface area contributed by atoms with E-state index < -0.39 is 20.0 Å². The maximum Gasteiger partial charge on any atom is 0.243 e. The molecule has 0 atom stereocenters. The van der Waals surface area contributed by atoms with Crippen LogP contribution in [0.4, 0.5) is 0 Å². The van der Waals surface area contributed by atoms with Crippen LogP contribution in [0.15, 0.2) is 34.1 Å². The van der Waals surface area contributed by atoms with Crippen molar-refractivity contribution in [1.29, 1.82) is 0 Å². The summed E-state index contributed by atoms with van der Waals surface area (Å²) in [6, 6.07) is 4.94. The first kappa shape index (κ1) is 17.4. The van der Waals surface area contributed by atoms with E-state index in [4.69, 9.17) is 9.88 Å². The molecule has 22 heavy (non-hydrogen) atoms. The third kappa shape index (κ3) is 3.85. The number of hydrogen-bond donors (Lipinski definition) is 1. The lowest BCUT2D eigenvalue weighted by molar-refractivity contribution is 0.0290. The monoisotopic (exact) mass is 348 g/mol. The van der Waals surface area contributed by atoms with Crippen LogP contribution in [0.1, 0.15) is 19.8 Å². The van der Waals surface area contributed by atoms with E-state index in [1.54, 1.807) is 0 Å². The molecule has 1 fully saturated rings. The van der Waals surface area contributed by atoms with E-state index >= 15 is 0 Å². The predicted molar refractivity (Wildman–Crippen MR) is 81.2 cm³/mol. The van der Waals surface area contributed by atoms with Gasteiger partial charge in [-0.05, 0) is 44.0 Å². The molecule has 0 bridgehead atoms. The second-order valence-corrected chi connectivity index (χ2v) is 8.57. The van der Waals surface area contributed by atoms with E-state index in [2.05, 4.69) is 0 Å². The maximum atomic E-state index is 12.5. The Labute approximate surface area is 131 Å². The molecule has 1 saturated heterocycles. The molecule has 1 aliphatic rings. The normalized spacial score (nSPS) is 18.5. The van der Waals surface area contributed by atoms with Crippen LogP contribution in [0, 0.1) is 0 Å². The fourth-order valence-electron chi connectivity index (χ4n) is 2.43. The zero-order chi connectivity index (χ0) is 16.4. The second kappa shape index (κ2) is 6.63. The number of hydrogen-bond acceptors (Lipinski definition) is 5. The number of nitrogens with two attached hydrogens (primary N) is 1. The highest BCUT2D eigenvalue weighted by molar-refractivity contribution is 7.89. The van der Waals surface area contributed by atoms with Gasteiger partial charge in [0.05, 0.1) is 15.9 Å². The summed E-state index contributed by atoms with van der Waals surface area (Å²) in [6.45, 7) is 3.32. The van der Waals surface area contributed by atoms with Crippen LogP contribution >= 0.6 is 0 Å². The van der Waals surface area contributed by atoms with Crippen molar-refractivity contribution >= 4 is 20.0 Å². The molecule has 0 spiro atoms. The van der Waals surface area contributed by atoms with Crippen LogP contribution in [0.2, 0.25) is 0 Å². The average molecular weight is 348 g/mol. The molecular formula is C13H20N2O5S2. The number of piperidine rings is 1. The summed E-state index contributed by atoms with van der Waals surface area (Å²) < 4.78 is 54.3. The summed E-state index contributed by atoms with van der Waals surface area (Å²) in [4.78, 5) is -0.0451. The molecule has 0 aliphatic carbocycles. The molecule has 1 aliphatic heterocycles. The molecule has 1 heterocycles. The van der Waals surface area contributed by atoms with Crippen molar-refractivity contribution in [1.82, 2.24) is 4.31 Å². The minimum absolute atomic E-state index is 0.0646. The molecule has 0 saturated carbocycles. The number of primary sulfonamides is 1. The van der Waals surface area contributed by atoms with Gasteiger partial charge in [-0.2, -0.15) is 4.31 Å². The molecule has 0 amide bonds. The highest BCUT2D eigenvalue weighted by Crippen LogP contribution is 2.23. The SMILES string of the molecule is CCOC1CCN(S(=O)(=O)c2ccc(S(N)(=O)=O)cc2)CC1. The van der Waals surface area contributed by atoms with Crippen LogP contribution in [0.5, 0.6) is 0 Å². The smallest absolute Gasteiger partial charge is 0.243 e. The van der Waals surface area contributed by atoms with Crippen molar-refractivity contribution in [3.05, 3.63) is 24.3 Å². The van der Waals surface area contributed by atoms with Gasteiger partial charge in [0.15, 0.2) is 0 Å². The highest BCUT2D eigenvalue weighted by atomic mass is 32.2. The van der Waals surface area contributed by atoms with Gasteiger partial charge in [-0.25, -0.2) is 22.0 Å². The Morgan fingerprint density at radius 2 is 1.59 bits per heavy atom. The molecule has 124 valence electrons. The van der Waals surface area contributed by atoms with Crippen LogP contribution in [0.3, 0.4) is 0 Å². The summed E-state index contributed by atoms with van der Waals surface area (Å²) >= 11 is 0. The molecule has 0 aromatic heterocycles. The van der Waals surface area contributed by atoms with E-state index in [0.29, 0.717) is 32.5 Å². The summed E-state index contributed by atoms with van der Waals surface area (Å²) in [5.74, 6) is 0. The van der Waals surface area contributed by atoms with Gasteiger partial charge < -0.3 is 4.74 Å². The molecule has 9 heteroatoms. The summed E-state index contributed by atoms with van der Waals surface area (Å²) in [7, 11) is -7.45. The Bertz CT molecular complexity index is 705. The van der Waals surface area contributed by atoms with E-state index in [1.165, 1.54) is 28.6 Å². The average Bonchev–Trinajstić information content (AvgIpc) is 2.47. The van der Waals surface area contributed by atoms with Crippen molar-refractivity contribution in [2.24, 2.45) is 5.14 Å². The quantitative estimate of drug-likeness (QED) is 0.835. The summed E-state index contributed by atoms with van der Waals surface area (Å²) in [5.41, 5.74) is 0. The first-order valence-electron chi connectivity index (χ1n) is 6.99. The van der Waals surface area contributed by atoms with Gasteiger partial charge in [0.1, 0.15) is 0 Å². The van der Waals surface area contributed by atoms with Gasteiger partial charge in [0.2, 0.25) is 20.0 Å². The molecule has 0 radical (unpaired) electrons. The Morgan fingerprint density at radius 3 is 2.05 bits per heavy atom.